The summed E-state index contributed by atoms with van der Waals surface area (Å²) in [6, 6.07) is 19.2. The summed E-state index contributed by atoms with van der Waals surface area (Å²) in [6.07, 6.45) is 2.16. The molecule has 5 nitrogen and oxygen atoms in total. The number of carbonyl (C=O) groups excluding carboxylic acids is 2. The van der Waals surface area contributed by atoms with Crippen LogP contribution in [-0.2, 0) is 4.74 Å². The molecule has 1 aliphatic heterocycles. The SMILES string of the molecule is CCOC(=O)N1CCCC(N(C(=O)c2ccccc2)c2ccccc2)CC1. The van der Waals surface area contributed by atoms with E-state index in [1.165, 1.54) is 0 Å². The lowest BCUT2D eigenvalue weighted by Gasteiger charge is -2.31. The first-order valence-electron chi connectivity index (χ1n) is 9.56. The van der Waals surface area contributed by atoms with Gasteiger partial charge in [0, 0.05) is 30.4 Å². The van der Waals surface area contributed by atoms with Crippen LogP contribution in [0.2, 0.25) is 0 Å². The average molecular weight is 366 g/mol. The van der Waals surface area contributed by atoms with E-state index < -0.39 is 0 Å². The Balaban J connectivity index is 1.83. The molecule has 2 aromatic carbocycles. The fourth-order valence-corrected chi connectivity index (χ4v) is 3.54. The van der Waals surface area contributed by atoms with E-state index in [2.05, 4.69) is 0 Å². The number of hydrogen-bond acceptors (Lipinski definition) is 3. The van der Waals surface area contributed by atoms with Crippen LogP contribution in [0.3, 0.4) is 0 Å². The minimum absolute atomic E-state index is 0.00335. The molecule has 1 heterocycles. The first kappa shape index (κ1) is 19.0. The summed E-state index contributed by atoms with van der Waals surface area (Å²) >= 11 is 0. The van der Waals surface area contributed by atoms with Crippen LogP contribution < -0.4 is 4.90 Å². The molecule has 3 rings (SSSR count). The topological polar surface area (TPSA) is 49.9 Å². The highest BCUT2D eigenvalue weighted by Crippen LogP contribution is 2.26. The van der Waals surface area contributed by atoms with Crippen molar-refractivity contribution in [2.24, 2.45) is 0 Å². The molecule has 0 aromatic heterocycles. The van der Waals surface area contributed by atoms with Crippen LogP contribution in [0.4, 0.5) is 10.5 Å². The van der Waals surface area contributed by atoms with Gasteiger partial charge in [-0.05, 0) is 50.5 Å². The fraction of sp³-hybridized carbons (Fsp3) is 0.364. The van der Waals surface area contributed by atoms with Crippen molar-refractivity contribution in [3.63, 3.8) is 0 Å². The number of para-hydroxylation sites is 1. The van der Waals surface area contributed by atoms with Crippen molar-refractivity contribution in [3.8, 4) is 0 Å². The van der Waals surface area contributed by atoms with E-state index in [-0.39, 0.29) is 18.0 Å². The highest BCUT2D eigenvalue weighted by atomic mass is 16.6. The molecule has 0 radical (unpaired) electrons. The number of benzene rings is 2. The van der Waals surface area contributed by atoms with Crippen LogP contribution in [0.15, 0.2) is 60.7 Å². The van der Waals surface area contributed by atoms with Crippen LogP contribution >= 0.6 is 0 Å². The van der Waals surface area contributed by atoms with Gasteiger partial charge in [0.05, 0.1) is 6.61 Å². The first-order chi connectivity index (χ1) is 13.2. The van der Waals surface area contributed by atoms with Crippen molar-refractivity contribution in [1.82, 2.24) is 4.90 Å². The van der Waals surface area contributed by atoms with E-state index in [1.54, 1.807) is 4.90 Å². The van der Waals surface area contributed by atoms with Crippen molar-refractivity contribution in [1.29, 1.82) is 0 Å². The van der Waals surface area contributed by atoms with Gasteiger partial charge in [0.1, 0.15) is 0 Å². The number of nitrogens with zero attached hydrogens (tertiary/aromatic N) is 2. The second-order valence-electron chi connectivity index (χ2n) is 6.65. The van der Waals surface area contributed by atoms with Gasteiger partial charge >= 0.3 is 6.09 Å². The maximum atomic E-state index is 13.3. The van der Waals surface area contributed by atoms with Gasteiger partial charge in [-0.2, -0.15) is 0 Å². The van der Waals surface area contributed by atoms with Crippen molar-refractivity contribution in [3.05, 3.63) is 66.2 Å². The number of anilines is 1. The third kappa shape index (κ3) is 4.67. The summed E-state index contributed by atoms with van der Waals surface area (Å²) in [4.78, 5) is 29.0. The average Bonchev–Trinajstić information content (AvgIpc) is 2.96. The third-order valence-electron chi connectivity index (χ3n) is 4.86. The lowest BCUT2D eigenvalue weighted by atomic mass is 10.0. The molecule has 1 unspecified atom stereocenters. The molecular formula is C22H26N2O3. The molecule has 0 spiro atoms. The van der Waals surface area contributed by atoms with Gasteiger partial charge in [0.2, 0.25) is 0 Å². The number of hydrogen-bond donors (Lipinski definition) is 0. The normalized spacial score (nSPS) is 17.1. The molecular weight excluding hydrogens is 340 g/mol. The van der Waals surface area contributed by atoms with Crippen molar-refractivity contribution in [2.45, 2.75) is 32.2 Å². The minimum Gasteiger partial charge on any atom is -0.450 e. The number of amides is 2. The zero-order chi connectivity index (χ0) is 19.1. The summed E-state index contributed by atoms with van der Waals surface area (Å²) in [7, 11) is 0. The van der Waals surface area contributed by atoms with Crippen molar-refractivity contribution >= 4 is 17.7 Å². The second-order valence-corrected chi connectivity index (χ2v) is 6.65. The maximum absolute atomic E-state index is 13.3. The Morgan fingerprint density at radius 1 is 1.00 bits per heavy atom. The van der Waals surface area contributed by atoms with E-state index >= 15 is 0 Å². The maximum Gasteiger partial charge on any atom is 0.409 e. The van der Waals surface area contributed by atoms with E-state index in [9.17, 15) is 9.59 Å². The van der Waals surface area contributed by atoms with Gasteiger partial charge in [-0.1, -0.05) is 36.4 Å². The zero-order valence-corrected chi connectivity index (χ0v) is 15.7. The Morgan fingerprint density at radius 3 is 2.33 bits per heavy atom. The van der Waals surface area contributed by atoms with Gasteiger partial charge < -0.3 is 14.5 Å². The quantitative estimate of drug-likeness (QED) is 0.808. The summed E-state index contributed by atoms with van der Waals surface area (Å²) in [5.41, 5.74) is 1.56. The molecule has 2 aromatic rings. The standard InChI is InChI=1S/C22H26N2O3/c1-2-27-22(26)23-16-9-14-20(15-17-23)24(19-12-7-4-8-13-19)21(25)18-10-5-3-6-11-18/h3-8,10-13,20H,2,9,14-17H2,1H3. The molecule has 5 heteroatoms. The fourth-order valence-electron chi connectivity index (χ4n) is 3.54. The first-order valence-corrected chi connectivity index (χ1v) is 9.56. The predicted octanol–water partition coefficient (Wildman–Crippen LogP) is 4.34. The van der Waals surface area contributed by atoms with E-state index in [1.807, 2.05) is 72.5 Å². The lowest BCUT2D eigenvalue weighted by Crippen LogP contribution is -2.41. The molecule has 0 saturated carbocycles. The van der Waals surface area contributed by atoms with Gasteiger partial charge in [-0.15, -0.1) is 0 Å². The molecule has 1 fully saturated rings. The van der Waals surface area contributed by atoms with E-state index in [4.69, 9.17) is 4.74 Å². The second kappa shape index (κ2) is 9.21. The summed E-state index contributed by atoms with van der Waals surface area (Å²) in [5, 5.41) is 0. The largest absolute Gasteiger partial charge is 0.450 e. The summed E-state index contributed by atoms with van der Waals surface area (Å²) < 4.78 is 5.14. The van der Waals surface area contributed by atoms with Crippen LogP contribution in [-0.4, -0.2) is 42.6 Å². The minimum atomic E-state index is -0.265. The number of ether oxygens (including phenoxy) is 1. The van der Waals surface area contributed by atoms with Crippen LogP contribution in [0.1, 0.15) is 36.5 Å². The predicted molar refractivity (Wildman–Crippen MR) is 106 cm³/mol. The molecule has 0 N–H and O–H groups in total. The molecule has 0 bridgehead atoms. The monoisotopic (exact) mass is 366 g/mol. The molecule has 1 aliphatic rings. The summed E-state index contributed by atoms with van der Waals surface area (Å²) in [5.74, 6) is -0.00335. The number of likely N-dealkylation sites (tertiary alicyclic amines) is 1. The van der Waals surface area contributed by atoms with Gasteiger partial charge in [-0.3, -0.25) is 4.79 Å². The molecule has 1 saturated heterocycles. The van der Waals surface area contributed by atoms with Gasteiger partial charge in [-0.25, -0.2) is 4.79 Å². The van der Waals surface area contributed by atoms with Crippen LogP contribution in [0.5, 0.6) is 0 Å². The highest BCUT2D eigenvalue weighted by Gasteiger charge is 2.29. The molecule has 142 valence electrons. The van der Waals surface area contributed by atoms with Crippen molar-refractivity contribution < 1.29 is 14.3 Å². The number of carbonyl (C=O) groups is 2. The molecule has 27 heavy (non-hydrogen) atoms. The lowest BCUT2D eigenvalue weighted by molar-refractivity contribution is 0.0974. The number of rotatable bonds is 4. The Labute approximate surface area is 160 Å². The smallest absolute Gasteiger partial charge is 0.409 e. The molecule has 0 aliphatic carbocycles. The Morgan fingerprint density at radius 2 is 1.67 bits per heavy atom. The van der Waals surface area contributed by atoms with Crippen LogP contribution in [0.25, 0.3) is 0 Å². The van der Waals surface area contributed by atoms with E-state index in [0.717, 1.165) is 24.9 Å². The Bertz CT molecular complexity index is 749. The van der Waals surface area contributed by atoms with Gasteiger partial charge in [0.25, 0.3) is 5.91 Å². The highest BCUT2D eigenvalue weighted by molar-refractivity contribution is 6.06. The molecule has 2 amide bonds. The van der Waals surface area contributed by atoms with Gasteiger partial charge in [0.15, 0.2) is 0 Å². The summed E-state index contributed by atoms with van der Waals surface area (Å²) in [6.45, 7) is 3.45. The Hall–Kier alpha value is -2.82. The zero-order valence-electron chi connectivity index (χ0n) is 15.7. The van der Waals surface area contributed by atoms with E-state index in [0.29, 0.717) is 25.3 Å². The van der Waals surface area contributed by atoms with Crippen molar-refractivity contribution in [2.75, 3.05) is 24.6 Å². The van der Waals surface area contributed by atoms with Crippen LogP contribution in [0, 0.1) is 0 Å². The third-order valence-corrected chi connectivity index (χ3v) is 4.86. The Kier molecular flexibility index (Phi) is 6.47. The molecule has 1 atom stereocenters.